The molecule has 2 N–H and O–H groups in total. The number of amides is 2. The van der Waals surface area contributed by atoms with E-state index in [1.807, 2.05) is 36.4 Å². The third-order valence-electron chi connectivity index (χ3n) is 3.86. The number of thioether (sulfide) groups is 1. The Morgan fingerprint density at radius 3 is 2.78 bits per heavy atom. The van der Waals surface area contributed by atoms with Gasteiger partial charge in [-0.1, -0.05) is 13.8 Å². The predicted molar refractivity (Wildman–Crippen MR) is 108 cm³/mol. The van der Waals surface area contributed by atoms with E-state index in [0.717, 1.165) is 34.3 Å². The molecule has 0 aliphatic heterocycles. The molecule has 0 aliphatic rings. The van der Waals surface area contributed by atoms with Crippen LogP contribution in [0, 0.1) is 5.92 Å². The van der Waals surface area contributed by atoms with E-state index in [-0.39, 0.29) is 6.03 Å². The zero-order valence-corrected chi connectivity index (χ0v) is 16.3. The van der Waals surface area contributed by atoms with Gasteiger partial charge in [-0.25, -0.2) is 9.78 Å². The monoisotopic (exact) mass is 384 g/mol. The van der Waals surface area contributed by atoms with Crippen molar-refractivity contribution in [3.8, 4) is 0 Å². The van der Waals surface area contributed by atoms with Crippen LogP contribution in [0.15, 0.2) is 64.5 Å². The quantitative estimate of drug-likeness (QED) is 0.550. The molecule has 2 heterocycles. The van der Waals surface area contributed by atoms with Gasteiger partial charge in [-0.2, -0.15) is 0 Å². The van der Waals surface area contributed by atoms with Crippen LogP contribution >= 0.6 is 11.8 Å². The first-order valence-electron chi connectivity index (χ1n) is 8.89. The van der Waals surface area contributed by atoms with Gasteiger partial charge in [0.05, 0.1) is 30.6 Å². The summed E-state index contributed by atoms with van der Waals surface area (Å²) < 4.78 is 7.39. The molecule has 0 saturated carbocycles. The van der Waals surface area contributed by atoms with Crippen LogP contribution in [-0.4, -0.2) is 15.6 Å². The fourth-order valence-corrected chi connectivity index (χ4v) is 3.38. The number of nitrogens with one attached hydrogen (secondary N) is 2. The van der Waals surface area contributed by atoms with Crippen LogP contribution in [0.2, 0.25) is 0 Å². The molecule has 3 rings (SSSR count). The molecule has 2 aromatic heterocycles. The Labute approximate surface area is 163 Å². The number of aromatic nitrogens is 2. The van der Waals surface area contributed by atoms with Gasteiger partial charge in [0, 0.05) is 23.3 Å². The van der Waals surface area contributed by atoms with Gasteiger partial charge in [-0.3, -0.25) is 0 Å². The van der Waals surface area contributed by atoms with Crippen molar-refractivity contribution in [2.45, 2.75) is 37.6 Å². The van der Waals surface area contributed by atoms with Crippen molar-refractivity contribution < 1.29 is 9.21 Å². The maximum Gasteiger partial charge on any atom is 0.319 e. The van der Waals surface area contributed by atoms with Gasteiger partial charge < -0.3 is 19.6 Å². The summed E-state index contributed by atoms with van der Waals surface area (Å²) in [7, 11) is 0. The van der Waals surface area contributed by atoms with E-state index in [4.69, 9.17) is 4.42 Å². The number of hydrogen-bond donors (Lipinski definition) is 2. The smallest absolute Gasteiger partial charge is 0.319 e. The molecule has 2 amide bonds. The maximum absolute atomic E-state index is 12.1. The van der Waals surface area contributed by atoms with Crippen LogP contribution in [0.4, 0.5) is 10.5 Å². The molecule has 3 aromatic rings. The first kappa shape index (κ1) is 19.1. The van der Waals surface area contributed by atoms with E-state index in [9.17, 15) is 4.79 Å². The number of imidazole rings is 1. The van der Waals surface area contributed by atoms with Gasteiger partial charge in [0.25, 0.3) is 0 Å². The minimum atomic E-state index is -0.233. The van der Waals surface area contributed by atoms with Crippen molar-refractivity contribution in [3.05, 3.63) is 66.6 Å². The lowest BCUT2D eigenvalue weighted by molar-refractivity contribution is 0.251. The molecule has 0 spiro atoms. The van der Waals surface area contributed by atoms with Gasteiger partial charge >= 0.3 is 6.03 Å². The molecule has 27 heavy (non-hydrogen) atoms. The molecule has 0 radical (unpaired) electrons. The number of urea groups is 1. The van der Waals surface area contributed by atoms with E-state index in [1.165, 1.54) is 0 Å². The third-order valence-corrected chi connectivity index (χ3v) is 4.90. The Morgan fingerprint density at radius 2 is 2.07 bits per heavy atom. The zero-order valence-electron chi connectivity index (χ0n) is 15.5. The van der Waals surface area contributed by atoms with E-state index in [1.54, 1.807) is 30.5 Å². The molecule has 142 valence electrons. The van der Waals surface area contributed by atoms with E-state index < -0.39 is 0 Å². The van der Waals surface area contributed by atoms with Gasteiger partial charge in [-0.05, 0) is 42.3 Å². The number of anilines is 1. The number of hydrogen-bond acceptors (Lipinski definition) is 4. The summed E-state index contributed by atoms with van der Waals surface area (Å²) in [5.41, 5.74) is 1.74. The van der Waals surface area contributed by atoms with Crippen LogP contribution in [0.1, 0.15) is 25.3 Å². The summed E-state index contributed by atoms with van der Waals surface area (Å²) in [5, 5.41) is 5.73. The van der Waals surface area contributed by atoms with Crippen LogP contribution in [0.5, 0.6) is 0 Å². The standard InChI is InChI=1S/C20H24N4O2S/c1-15(2)12-24-14-21-10-17(24)11-22-20(25)23-16-5-7-19(8-6-16)27-13-18-4-3-9-26-18/h3-10,14-15H,11-13H2,1-2H3,(H2,22,23,25). The lowest BCUT2D eigenvalue weighted by atomic mass is 10.2. The summed E-state index contributed by atoms with van der Waals surface area (Å²) >= 11 is 1.69. The second-order valence-corrected chi connectivity index (χ2v) is 7.68. The first-order chi connectivity index (χ1) is 13.1. The summed E-state index contributed by atoms with van der Waals surface area (Å²) in [4.78, 5) is 17.4. The number of furan rings is 1. The highest BCUT2D eigenvalue weighted by Crippen LogP contribution is 2.24. The number of carbonyl (C=O) groups excluding carboxylic acids is 1. The lowest BCUT2D eigenvalue weighted by Gasteiger charge is -2.12. The lowest BCUT2D eigenvalue weighted by Crippen LogP contribution is -2.29. The van der Waals surface area contributed by atoms with Crippen molar-refractivity contribution >= 4 is 23.5 Å². The number of carbonyl (C=O) groups is 1. The van der Waals surface area contributed by atoms with Crippen molar-refractivity contribution in [2.75, 3.05) is 5.32 Å². The van der Waals surface area contributed by atoms with Crippen molar-refractivity contribution in [1.29, 1.82) is 0 Å². The topological polar surface area (TPSA) is 72.1 Å². The van der Waals surface area contributed by atoms with Gasteiger partial charge in [0.2, 0.25) is 0 Å². The Kier molecular flexibility index (Phi) is 6.59. The number of nitrogens with zero attached hydrogens (tertiary/aromatic N) is 2. The zero-order chi connectivity index (χ0) is 19.1. The molecule has 0 aliphatic carbocycles. The molecule has 0 bridgehead atoms. The van der Waals surface area contributed by atoms with Crippen LogP contribution in [0.3, 0.4) is 0 Å². The normalized spacial score (nSPS) is 10.9. The summed E-state index contributed by atoms with van der Waals surface area (Å²) in [6.07, 6.45) is 5.26. The highest BCUT2D eigenvalue weighted by molar-refractivity contribution is 7.98. The van der Waals surface area contributed by atoms with E-state index in [2.05, 4.69) is 34.0 Å². The Balaban J connectivity index is 1.46. The minimum Gasteiger partial charge on any atom is -0.468 e. The summed E-state index contributed by atoms with van der Waals surface area (Å²) in [6.45, 7) is 5.63. The predicted octanol–water partition coefficient (Wildman–Crippen LogP) is 4.75. The van der Waals surface area contributed by atoms with Crippen LogP contribution in [-0.2, 0) is 18.8 Å². The molecule has 6 nitrogen and oxygen atoms in total. The SMILES string of the molecule is CC(C)Cn1cncc1CNC(=O)Nc1ccc(SCc2ccco2)cc1. The average Bonchev–Trinajstić information content (AvgIpc) is 3.31. The molecular formula is C20H24N4O2S. The maximum atomic E-state index is 12.1. The van der Waals surface area contributed by atoms with Crippen LogP contribution in [0.25, 0.3) is 0 Å². The molecule has 0 atom stereocenters. The van der Waals surface area contributed by atoms with Crippen molar-refractivity contribution in [2.24, 2.45) is 5.92 Å². The van der Waals surface area contributed by atoms with Gasteiger partial charge in [0.1, 0.15) is 5.76 Å². The number of benzene rings is 1. The Morgan fingerprint density at radius 1 is 1.26 bits per heavy atom. The first-order valence-corrected chi connectivity index (χ1v) is 9.88. The molecule has 1 aromatic carbocycles. The largest absolute Gasteiger partial charge is 0.468 e. The highest BCUT2D eigenvalue weighted by Gasteiger charge is 2.07. The Hall–Kier alpha value is -2.67. The molecule has 0 unspecified atom stereocenters. The molecule has 0 saturated heterocycles. The van der Waals surface area contributed by atoms with Crippen LogP contribution < -0.4 is 10.6 Å². The van der Waals surface area contributed by atoms with E-state index in [0.29, 0.717) is 12.5 Å². The second-order valence-electron chi connectivity index (χ2n) is 6.63. The highest BCUT2D eigenvalue weighted by atomic mass is 32.2. The van der Waals surface area contributed by atoms with E-state index >= 15 is 0 Å². The second kappa shape index (κ2) is 9.32. The van der Waals surface area contributed by atoms with Crippen molar-refractivity contribution in [1.82, 2.24) is 14.9 Å². The molecule has 7 heteroatoms. The summed E-state index contributed by atoms with van der Waals surface area (Å²) in [6, 6.07) is 11.4. The average molecular weight is 385 g/mol. The molecule has 0 fully saturated rings. The molecular weight excluding hydrogens is 360 g/mol. The van der Waals surface area contributed by atoms with Gasteiger partial charge in [0.15, 0.2) is 0 Å². The fraction of sp³-hybridized carbons (Fsp3) is 0.300. The van der Waals surface area contributed by atoms with Crippen molar-refractivity contribution in [3.63, 3.8) is 0 Å². The summed E-state index contributed by atoms with van der Waals surface area (Å²) in [5.74, 6) is 2.25. The minimum absolute atomic E-state index is 0.233. The van der Waals surface area contributed by atoms with Gasteiger partial charge in [-0.15, -0.1) is 11.8 Å². The number of rotatable bonds is 8. The fourth-order valence-electron chi connectivity index (χ4n) is 2.58. The Bertz CT molecular complexity index is 841. The third kappa shape index (κ3) is 5.92.